The molecular weight excluding hydrogens is 338 g/mol. The van der Waals surface area contributed by atoms with E-state index < -0.39 is 0 Å². The van der Waals surface area contributed by atoms with Crippen LogP contribution in [-0.4, -0.2) is 22.3 Å². The van der Waals surface area contributed by atoms with Gasteiger partial charge in [-0.25, -0.2) is 4.68 Å². The number of carbonyl (C=O) groups excluding carboxylic acids is 1. The zero-order chi connectivity index (χ0) is 19.1. The maximum Gasteiger partial charge on any atom is 0.272 e. The third-order valence-electron chi connectivity index (χ3n) is 4.28. The lowest BCUT2D eigenvalue weighted by Crippen LogP contribution is -2.24. The van der Waals surface area contributed by atoms with Crippen molar-refractivity contribution in [3.05, 3.63) is 83.2 Å². The van der Waals surface area contributed by atoms with Crippen molar-refractivity contribution in [2.45, 2.75) is 33.4 Å². The lowest BCUT2D eigenvalue weighted by Gasteiger charge is -2.10. The molecule has 1 aromatic heterocycles. The number of hydrogen-bond donors (Lipinski definition) is 1. The molecule has 0 aliphatic carbocycles. The summed E-state index contributed by atoms with van der Waals surface area (Å²) >= 11 is 0. The molecule has 0 aliphatic heterocycles. The van der Waals surface area contributed by atoms with Crippen molar-refractivity contribution >= 4 is 5.91 Å². The van der Waals surface area contributed by atoms with Gasteiger partial charge in [-0.1, -0.05) is 49.4 Å². The van der Waals surface area contributed by atoms with E-state index in [0.29, 0.717) is 18.8 Å². The number of carbonyl (C=O) groups is 1. The van der Waals surface area contributed by atoms with Crippen LogP contribution in [0.4, 0.5) is 0 Å². The lowest BCUT2D eigenvalue weighted by atomic mass is 10.1. The number of hydrogen-bond acceptors (Lipinski definition) is 3. The highest BCUT2D eigenvalue weighted by atomic mass is 16.5. The highest BCUT2D eigenvalue weighted by Crippen LogP contribution is 2.13. The first kappa shape index (κ1) is 18.9. The second-order valence-corrected chi connectivity index (χ2v) is 6.42. The number of aromatic nitrogens is 2. The first-order valence-corrected chi connectivity index (χ1v) is 9.24. The fraction of sp³-hybridized carbons (Fsp3) is 0.273. The zero-order valence-electron chi connectivity index (χ0n) is 15.8. The minimum atomic E-state index is -0.183. The van der Waals surface area contributed by atoms with Gasteiger partial charge in [0.2, 0.25) is 0 Å². The SMILES string of the molecule is CCCOCc1ccccc1CNC(=O)c1cc(C)n(-c2ccccc2)n1. The van der Waals surface area contributed by atoms with E-state index in [1.807, 2.05) is 61.5 Å². The molecule has 0 saturated carbocycles. The molecule has 5 heteroatoms. The van der Waals surface area contributed by atoms with Crippen molar-refractivity contribution in [1.82, 2.24) is 15.1 Å². The predicted octanol–water partition coefficient (Wildman–Crippen LogP) is 4.04. The molecule has 0 radical (unpaired) electrons. The molecule has 0 aliphatic rings. The summed E-state index contributed by atoms with van der Waals surface area (Å²) in [7, 11) is 0. The predicted molar refractivity (Wildman–Crippen MR) is 106 cm³/mol. The molecule has 0 unspecified atom stereocenters. The summed E-state index contributed by atoms with van der Waals surface area (Å²) in [5.74, 6) is -0.183. The molecule has 2 aromatic carbocycles. The molecular formula is C22H25N3O2. The van der Waals surface area contributed by atoms with Gasteiger partial charge in [0.25, 0.3) is 5.91 Å². The van der Waals surface area contributed by atoms with Crippen molar-refractivity contribution in [3.8, 4) is 5.69 Å². The first-order valence-electron chi connectivity index (χ1n) is 9.24. The van der Waals surface area contributed by atoms with E-state index >= 15 is 0 Å². The number of ether oxygens (including phenoxy) is 1. The zero-order valence-corrected chi connectivity index (χ0v) is 15.8. The fourth-order valence-electron chi connectivity index (χ4n) is 2.88. The van der Waals surface area contributed by atoms with Crippen LogP contribution in [0.2, 0.25) is 0 Å². The normalized spacial score (nSPS) is 10.7. The van der Waals surface area contributed by atoms with Gasteiger partial charge in [0.05, 0.1) is 12.3 Å². The average molecular weight is 363 g/mol. The van der Waals surface area contributed by atoms with E-state index in [4.69, 9.17) is 4.74 Å². The highest BCUT2D eigenvalue weighted by Gasteiger charge is 2.13. The molecule has 5 nitrogen and oxygen atoms in total. The molecule has 27 heavy (non-hydrogen) atoms. The summed E-state index contributed by atoms with van der Waals surface area (Å²) < 4.78 is 7.42. The van der Waals surface area contributed by atoms with Crippen LogP contribution < -0.4 is 5.32 Å². The van der Waals surface area contributed by atoms with Gasteiger partial charge < -0.3 is 10.1 Å². The molecule has 1 heterocycles. The smallest absolute Gasteiger partial charge is 0.272 e. The monoisotopic (exact) mass is 363 g/mol. The highest BCUT2D eigenvalue weighted by molar-refractivity contribution is 5.92. The Balaban J connectivity index is 1.67. The van der Waals surface area contributed by atoms with Gasteiger partial charge in [0.15, 0.2) is 5.69 Å². The van der Waals surface area contributed by atoms with E-state index in [1.54, 1.807) is 10.7 Å². The van der Waals surface area contributed by atoms with Crippen LogP contribution in [0.3, 0.4) is 0 Å². The number of aryl methyl sites for hydroxylation is 1. The van der Waals surface area contributed by atoms with Gasteiger partial charge in [0, 0.05) is 18.8 Å². The van der Waals surface area contributed by atoms with E-state index in [2.05, 4.69) is 17.3 Å². The average Bonchev–Trinajstić information content (AvgIpc) is 3.09. The van der Waals surface area contributed by atoms with Gasteiger partial charge >= 0.3 is 0 Å². The molecule has 3 aromatic rings. The second kappa shape index (κ2) is 9.14. The van der Waals surface area contributed by atoms with Crippen LogP contribution in [0.25, 0.3) is 5.69 Å². The van der Waals surface area contributed by atoms with Gasteiger partial charge in [-0.2, -0.15) is 5.10 Å². The van der Waals surface area contributed by atoms with E-state index in [1.165, 1.54) is 0 Å². The number of nitrogens with zero attached hydrogens (tertiary/aromatic N) is 2. The van der Waals surface area contributed by atoms with Crippen molar-refractivity contribution in [1.29, 1.82) is 0 Å². The molecule has 0 saturated heterocycles. The summed E-state index contributed by atoms with van der Waals surface area (Å²) in [5.41, 5.74) is 4.42. The number of amides is 1. The maximum absolute atomic E-state index is 12.6. The van der Waals surface area contributed by atoms with Gasteiger partial charge in [-0.15, -0.1) is 0 Å². The topological polar surface area (TPSA) is 56.1 Å². The Morgan fingerprint density at radius 2 is 1.78 bits per heavy atom. The number of benzene rings is 2. The molecule has 0 fully saturated rings. The lowest BCUT2D eigenvalue weighted by molar-refractivity contribution is 0.0944. The number of rotatable bonds is 8. The van der Waals surface area contributed by atoms with E-state index in [0.717, 1.165) is 35.5 Å². The largest absolute Gasteiger partial charge is 0.377 e. The number of para-hydroxylation sites is 1. The summed E-state index contributed by atoms with van der Waals surface area (Å²) in [4.78, 5) is 12.6. The van der Waals surface area contributed by atoms with Crippen molar-refractivity contribution in [2.75, 3.05) is 6.61 Å². The van der Waals surface area contributed by atoms with Crippen LogP contribution in [0.1, 0.15) is 40.7 Å². The summed E-state index contributed by atoms with van der Waals surface area (Å²) in [5, 5.41) is 7.42. The molecule has 140 valence electrons. The Bertz CT molecular complexity index is 888. The van der Waals surface area contributed by atoms with Crippen molar-refractivity contribution < 1.29 is 9.53 Å². The third kappa shape index (κ3) is 4.83. The van der Waals surface area contributed by atoms with E-state index in [-0.39, 0.29) is 5.91 Å². The second-order valence-electron chi connectivity index (χ2n) is 6.42. The minimum Gasteiger partial charge on any atom is -0.377 e. The minimum absolute atomic E-state index is 0.183. The molecule has 0 atom stereocenters. The Morgan fingerprint density at radius 1 is 1.07 bits per heavy atom. The Hall–Kier alpha value is -2.92. The van der Waals surface area contributed by atoms with Crippen LogP contribution >= 0.6 is 0 Å². The third-order valence-corrected chi connectivity index (χ3v) is 4.28. The van der Waals surface area contributed by atoms with Crippen LogP contribution in [0.5, 0.6) is 0 Å². The van der Waals surface area contributed by atoms with Crippen molar-refractivity contribution in [3.63, 3.8) is 0 Å². The van der Waals surface area contributed by atoms with Crippen LogP contribution in [-0.2, 0) is 17.9 Å². The van der Waals surface area contributed by atoms with Crippen LogP contribution in [0.15, 0.2) is 60.7 Å². The van der Waals surface area contributed by atoms with Gasteiger partial charge in [-0.3, -0.25) is 4.79 Å². The maximum atomic E-state index is 12.6. The molecule has 1 N–H and O–H groups in total. The summed E-state index contributed by atoms with van der Waals surface area (Å²) in [6.07, 6.45) is 0.988. The molecule has 1 amide bonds. The molecule has 0 bridgehead atoms. The molecule has 0 spiro atoms. The Labute approximate surface area is 160 Å². The Kier molecular flexibility index (Phi) is 6.39. The first-order chi connectivity index (χ1) is 13.2. The Morgan fingerprint density at radius 3 is 2.52 bits per heavy atom. The standard InChI is InChI=1S/C22H25N3O2/c1-3-13-27-16-19-10-8-7-9-18(19)15-23-22(26)21-14-17(2)25(24-21)20-11-5-4-6-12-20/h4-12,14H,3,13,15-16H2,1-2H3,(H,23,26). The van der Waals surface area contributed by atoms with Crippen molar-refractivity contribution in [2.24, 2.45) is 0 Å². The van der Waals surface area contributed by atoms with Gasteiger partial charge in [0.1, 0.15) is 0 Å². The van der Waals surface area contributed by atoms with E-state index in [9.17, 15) is 4.79 Å². The number of nitrogens with one attached hydrogen (secondary N) is 1. The summed E-state index contributed by atoms with van der Waals surface area (Å²) in [6.45, 7) is 5.76. The molecule has 3 rings (SSSR count). The summed E-state index contributed by atoms with van der Waals surface area (Å²) in [6, 6.07) is 19.6. The van der Waals surface area contributed by atoms with Crippen LogP contribution in [0, 0.1) is 6.92 Å². The fourth-order valence-corrected chi connectivity index (χ4v) is 2.88. The van der Waals surface area contributed by atoms with Gasteiger partial charge in [-0.05, 0) is 42.7 Å². The quantitative estimate of drug-likeness (QED) is 0.615.